The Labute approximate surface area is 125 Å². The first kappa shape index (κ1) is 15.6. The highest BCUT2D eigenvalue weighted by Gasteiger charge is 2.28. The van der Waals surface area contributed by atoms with E-state index in [1.54, 1.807) is 7.11 Å². The second-order valence-corrected chi connectivity index (χ2v) is 5.13. The van der Waals surface area contributed by atoms with Crippen LogP contribution in [0.5, 0.6) is 5.75 Å². The third-order valence-electron chi connectivity index (χ3n) is 3.91. The highest BCUT2D eigenvalue weighted by atomic mass is 16.5. The molecule has 0 aromatic heterocycles. The number of hydrogen-bond acceptors (Lipinski definition) is 5. The van der Waals surface area contributed by atoms with E-state index >= 15 is 0 Å². The van der Waals surface area contributed by atoms with Gasteiger partial charge in [-0.25, -0.2) is 0 Å². The smallest absolute Gasteiger partial charge is 0.320 e. The number of aliphatic carboxylic acids is 1. The Kier molecular flexibility index (Phi) is 5.41. The van der Waals surface area contributed by atoms with E-state index in [9.17, 15) is 9.90 Å². The van der Waals surface area contributed by atoms with Crippen molar-refractivity contribution in [1.82, 2.24) is 4.90 Å². The molecule has 2 rings (SSSR count). The van der Waals surface area contributed by atoms with Gasteiger partial charge in [-0.05, 0) is 25.1 Å². The third-order valence-corrected chi connectivity index (χ3v) is 3.91. The highest BCUT2D eigenvalue weighted by Crippen LogP contribution is 2.28. The van der Waals surface area contributed by atoms with Gasteiger partial charge < -0.3 is 20.5 Å². The molecule has 1 saturated heterocycles. The maximum Gasteiger partial charge on any atom is 0.320 e. The van der Waals surface area contributed by atoms with Crippen LogP contribution >= 0.6 is 0 Å². The van der Waals surface area contributed by atoms with Crippen LogP contribution in [-0.4, -0.2) is 61.9 Å². The number of rotatable bonds is 6. The van der Waals surface area contributed by atoms with E-state index in [1.165, 1.54) is 0 Å². The molecule has 0 saturated carbocycles. The van der Waals surface area contributed by atoms with Crippen molar-refractivity contribution >= 4 is 11.7 Å². The topological polar surface area (TPSA) is 79.0 Å². The number of anilines is 1. The van der Waals surface area contributed by atoms with Crippen LogP contribution in [-0.2, 0) is 4.79 Å². The van der Waals surface area contributed by atoms with E-state index in [-0.39, 0.29) is 0 Å². The number of piperazine rings is 1. The Morgan fingerprint density at radius 2 is 2.00 bits per heavy atom. The average Bonchev–Trinajstić information content (AvgIpc) is 2.52. The van der Waals surface area contributed by atoms with Gasteiger partial charge in [0.15, 0.2) is 0 Å². The SMILES string of the molecule is COc1ccccc1N1CCN(C(CCN)C(=O)O)CC1. The zero-order valence-corrected chi connectivity index (χ0v) is 12.4. The van der Waals surface area contributed by atoms with Crippen molar-refractivity contribution in [1.29, 1.82) is 0 Å². The number of methoxy groups -OCH3 is 1. The lowest BCUT2D eigenvalue weighted by Crippen LogP contribution is -2.53. The van der Waals surface area contributed by atoms with Gasteiger partial charge in [-0.3, -0.25) is 9.69 Å². The van der Waals surface area contributed by atoms with Crippen LogP contribution in [0.1, 0.15) is 6.42 Å². The van der Waals surface area contributed by atoms with Crippen molar-refractivity contribution in [2.24, 2.45) is 5.73 Å². The van der Waals surface area contributed by atoms with Gasteiger partial charge in [0.1, 0.15) is 11.8 Å². The summed E-state index contributed by atoms with van der Waals surface area (Å²) in [5, 5.41) is 9.29. The molecule has 1 aromatic rings. The lowest BCUT2D eigenvalue weighted by Gasteiger charge is -2.39. The summed E-state index contributed by atoms with van der Waals surface area (Å²) in [5.41, 5.74) is 6.57. The van der Waals surface area contributed by atoms with E-state index in [1.807, 2.05) is 29.2 Å². The van der Waals surface area contributed by atoms with Crippen LogP contribution in [0.3, 0.4) is 0 Å². The first-order valence-electron chi connectivity index (χ1n) is 7.22. The van der Waals surface area contributed by atoms with Gasteiger partial charge in [0.05, 0.1) is 12.8 Å². The Balaban J connectivity index is 2.01. The normalized spacial score (nSPS) is 17.5. The van der Waals surface area contributed by atoms with E-state index in [0.717, 1.165) is 37.6 Å². The van der Waals surface area contributed by atoms with Crippen LogP contribution in [0.4, 0.5) is 5.69 Å². The maximum absolute atomic E-state index is 11.3. The third kappa shape index (κ3) is 3.65. The molecule has 1 aromatic carbocycles. The molecule has 1 atom stereocenters. The zero-order chi connectivity index (χ0) is 15.2. The van der Waals surface area contributed by atoms with Crippen molar-refractivity contribution in [2.45, 2.75) is 12.5 Å². The number of para-hydroxylation sites is 2. The van der Waals surface area contributed by atoms with E-state index in [2.05, 4.69) is 4.90 Å². The number of hydrogen-bond donors (Lipinski definition) is 2. The highest BCUT2D eigenvalue weighted by molar-refractivity contribution is 5.73. The number of benzene rings is 1. The molecule has 1 fully saturated rings. The predicted octanol–water partition coefficient (Wildman–Crippen LogP) is 0.619. The number of carboxylic acid groups (broad SMARTS) is 1. The van der Waals surface area contributed by atoms with Crippen molar-refractivity contribution < 1.29 is 14.6 Å². The fourth-order valence-corrected chi connectivity index (χ4v) is 2.79. The predicted molar refractivity (Wildman–Crippen MR) is 81.9 cm³/mol. The molecule has 1 heterocycles. The number of nitrogens with two attached hydrogens (primary N) is 1. The monoisotopic (exact) mass is 293 g/mol. The second kappa shape index (κ2) is 7.28. The lowest BCUT2D eigenvalue weighted by molar-refractivity contribution is -0.143. The standard InChI is InChI=1S/C15H23N3O3/c1-21-14-5-3-2-4-12(14)17-8-10-18(11-9-17)13(6-7-16)15(19)20/h2-5,13H,6-11,16H2,1H3,(H,19,20). The molecule has 3 N–H and O–H groups in total. The molecule has 6 nitrogen and oxygen atoms in total. The average molecular weight is 293 g/mol. The van der Waals surface area contributed by atoms with Gasteiger partial charge in [0, 0.05) is 26.2 Å². The minimum atomic E-state index is -0.786. The molecule has 1 aliphatic heterocycles. The fraction of sp³-hybridized carbons (Fsp3) is 0.533. The molecule has 21 heavy (non-hydrogen) atoms. The lowest BCUT2D eigenvalue weighted by atomic mass is 10.1. The molecule has 116 valence electrons. The number of ether oxygens (including phenoxy) is 1. The summed E-state index contributed by atoms with van der Waals surface area (Å²) in [6, 6.07) is 7.42. The van der Waals surface area contributed by atoms with E-state index < -0.39 is 12.0 Å². The van der Waals surface area contributed by atoms with Crippen molar-refractivity contribution in [3.05, 3.63) is 24.3 Å². The molecule has 0 spiro atoms. The van der Waals surface area contributed by atoms with Crippen LogP contribution < -0.4 is 15.4 Å². The van der Waals surface area contributed by atoms with Crippen LogP contribution in [0.15, 0.2) is 24.3 Å². The quantitative estimate of drug-likeness (QED) is 0.800. The summed E-state index contributed by atoms with van der Waals surface area (Å²) in [5.74, 6) is 0.0638. The zero-order valence-electron chi connectivity index (χ0n) is 12.4. The first-order valence-corrected chi connectivity index (χ1v) is 7.22. The Bertz CT molecular complexity index is 473. The van der Waals surface area contributed by atoms with E-state index in [4.69, 9.17) is 10.5 Å². The van der Waals surface area contributed by atoms with Gasteiger partial charge in [0.25, 0.3) is 0 Å². The van der Waals surface area contributed by atoms with Crippen LogP contribution in [0.2, 0.25) is 0 Å². The summed E-state index contributed by atoms with van der Waals surface area (Å²) in [4.78, 5) is 15.5. The molecule has 1 aliphatic rings. The van der Waals surface area contributed by atoms with Crippen molar-refractivity contribution in [2.75, 3.05) is 44.7 Å². The number of carbonyl (C=O) groups is 1. The number of carboxylic acids is 1. The first-order chi connectivity index (χ1) is 10.2. The minimum absolute atomic E-state index is 0.393. The maximum atomic E-state index is 11.3. The van der Waals surface area contributed by atoms with Crippen molar-refractivity contribution in [3.8, 4) is 5.75 Å². The summed E-state index contributed by atoms with van der Waals surface area (Å²) in [7, 11) is 1.66. The second-order valence-electron chi connectivity index (χ2n) is 5.13. The largest absolute Gasteiger partial charge is 0.495 e. The molecule has 0 amide bonds. The Morgan fingerprint density at radius 3 is 2.57 bits per heavy atom. The number of nitrogens with zero attached hydrogens (tertiary/aromatic N) is 2. The minimum Gasteiger partial charge on any atom is -0.495 e. The summed E-state index contributed by atoms with van der Waals surface area (Å²) >= 11 is 0. The summed E-state index contributed by atoms with van der Waals surface area (Å²) in [6.07, 6.45) is 0.490. The summed E-state index contributed by atoms with van der Waals surface area (Å²) < 4.78 is 5.38. The molecule has 0 bridgehead atoms. The Hall–Kier alpha value is -1.79. The van der Waals surface area contributed by atoms with Crippen LogP contribution in [0, 0.1) is 0 Å². The van der Waals surface area contributed by atoms with E-state index in [0.29, 0.717) is 13.0 Å². The van der Waals surface area contributed by atoms with Crippen molar-refractivity contribution in [3.63, 3.8) is 0 Å². The molecular weight excluding hydrogens is 270 g/mol. The molecule has 1 unspecified atom stereocenters. The summed E-state index contributed by atoms with van der Waals surface area (Å²) in [6.45, 7) is 3.40. The van der Waals surface area contributed by atoms with Gasteiger partial charge in [-0.1, -0.05) is 12.1 Å². The van der Waals surface area contributed by atoms with Gasteiger partial charge in [-0.15, -0.1) is 0 Å². The molecule has 0 aliphatic carbocycles. The molecule has 0 radical (unpaired) electrons. The molecule has 6 heteroatoms. The Morgan fingerprint density at radius 1 is 1.33 bits per heavy atom. The van der Waals surface area contributed by atoms with Crippen LogP contribution in [0.25, 0.3) is 0 Å². The van der Waals surface area contributed by atoms with Gasteiger partial charge >= 0.3 is 5.97 Å². The molecular formula is C15H23N3O3. The van der Waals surface area contributed by atoms with Gasteiger partial charge in [-0.2, -0.15) is 0 Å². The fourth-order valence-electron chi connectivity index (χ4n) is 2.79. The van der Waals surface area contributed by atoms with Gasteiger partial charge in [0.2, 0.25) is 0 Å².